The molecule has 174 valence electrons. The fourth-order valence-corrected chi connectivity index (χ4v) is 7.36. The van der Waals surface area contributed by atoms with Crippen molar-refractivity contribution in [3.8, 4) is 11.3 Å². The zero-order valence-electron chi connectivity index (χ0n) is 19.1. The van der Waals surface area contributed by atoms with E-state index < -0.39 is 9.84 Å². The second kappa shape index (κ2) is 9.00. The molecule has 2 aromatic heterocycles. The molecule has 5 rings (SSSR count). The van der Waals surface area contributed by atoms with Gasteiger partial charge in [0.05, 0.1) is 17.3 Å². The number of thioether (sulfide) groups is 1. The molecule has 34 heavy (non-hydrogen) atoms. The highest BCUT2D eigenvalue weighted by Gasteiger charge is 2.31. The highest BCUT2D eigenvalue weighted by atomic mass is 32.2. The molecule has 1 aliphatic rings. The molecule has 0 spiro atoms. The maximum absolute atomic E-state index is 13.2. The number of fused-ring (bicyclic) bond motifs is 1. The molecule has 3 heterocycles. The third-order valence-corrected chi connectivity index (χ3v) is 9.13. The number of benzene rings is 2. The number of aromatic nitrogens is 3. The van der Waals surface area contributed by atoms with E-state index in [9.17, 15) is 13.2 Å². The Hall–Kier alpha value is -2.97. The Morgan fingerprint density at radius 2 is 1.74 bits per heavy atom. The zero-order valence-corrected chi connectivity index (χ0v) is 20.7. The molecule has 8 heteroatoms. The Bertz CT molecular complexity index is 1490. The standard InChI is InChI=1S/C26H25N3O3S2/c1-17-14-23(18(2)29(17)20-12-13-34(31,32)16-20)24(30)15-33-26-22-11-7-6-10-21(22)25(27-28-26)19-8-4-3-5-9-19/h3-11,14,20H,12-13,15-16H2,1-2H3. The van der Waals surface area contributed by atoms with Crippen molar-refractivity contribution in [2.45, 2.75) is 31.3 Å². The highest BCUT2D eigenvalue weighted by Crippen LogP contribution is 2.33. The van der Waals surface area contributed by atoms with Gasteiger partial charge in [-0.2, -0.15) is 0 Å². The van der Waals surface area contributed by atoms with Crippen LogP contribution in [0.5, 0.6) is 0 Å². The van der Waals surface area contributed by atoms with Crippen LogP contribution in [0, 0.1) is 13.8 Å². The first kappa shape index (κ1) is 22.8. The molecule has 1 unspecified atom stereocenters. The summed E-state index contributed by atoms with van der Waals surface area (Å²) >= 11 is 1.38. The van der Waals surface area contributed by atoms with Gasteiger partial charge in [-0.3, -0.25) is 4.79 Å². The molecule has 0 amide bonds. The quantitative estimate of drug-likeness (QED) is 0.277. The van der Waals surface area contributed by atoms with Crippen molar-refractivity contribution in [3.63, 3.8) is 0 Å². The van der Waals surface area contributed by atoms with Gasteiger partial charge in [-0.05, 0) is 26.3 Å². The number of aryl methyl sites for hydroxylation is 1. The van der Waals surface area contributed by atoms with Crippen LogP contribution in [0.4, 0.5) is 0 Å². The molecule has 1 saturated heterocycles. The maximum atomic E-state index is 13.2. The van der Waals surface area contributed by atoms with Crippen LogP contribution in [0.3, 0.4) is 0 Å². The number of carbonyl (C=O) groups excluding carboxylic acids is 1. The Morgan fingerprint density at radius 1 is 1.03 bits per heavy atom. The van der Waals surface area contributed by atoms with Crippen molar-refractivity contribution < 1.29 is 13.2 Å². The minimum atomic E-state index is -3.00. The van der Waals surface area contributed by atoms with Gasteiger partial charge in [-0.15, -0.1) is 10.2 Å². The SMILES string of the molecule is Cc1cc(C(=O)CSc2nnc(-c3ccccc3)c3ccccc23)c(C)n1C1CCS(=O)(=O)C1. The topological polar surface area (TPSA) is 81.9 Å². The van der Waals surface area contributed by atoms with Crippen molar-refractivity contribution in [3.05, 3.63) is 77.6 Å². The smallest absolute Gasteiger partial charge is 0.174 e. The summed E-state index contributed by atoms with van der Waals surface area (Å²) in [5.74, 6) is 0.583. The monoisotopic (exact) mass is 491 g/mol. The Kier molecular flexibility index (Phi) is 6.04. The lowest BCUT2D eigenvalue weighted by Gasteiger charge is -2.16. The summed E-state index contributed by atoms with van der Waals surface area (Å²) in [7, 11) is -3.00. The van der Waals surface area contributed by atoms with E-state index in [1.54, 1.807) is 0 Å². The van der Waals surface area contributed by atoms with Gasteiger partial charge in [-0.1, -0.05) is 66.4 Å². The summed E-state index contributed by atoms with van der Waals surface area (Å²) in [6.45, 7) is 3.84. The van der Waals surface area contributed by atoms with Crippen LogP contribution in [0.1, 0.15) is 34.2 Å². The van der Waals surface area contributed by atoms with Crippen LogP contribution in [-0.2, 0) is 9.84 Å². The Morgan fingerprint density at radius 3 is 2.44 bits per heavy atom. The number of hydrogen-bond donors (Lipinski definition) is 0. The van der Waals surface area contributed by atoms with E-state index in [-0.39, 0.29) is 29.1 Å². The van der Waals surface area contributed by atoms with E-state index in [0.717, 1.165) is 38.4 Å². The second-order valence-corrected chi connectivity index (χ2v) is 11.9. The lowest BCUT2D eigenvalue weighted by atomic mass is 10.1. The first-order valence-electron chi connectivity index (χ1n) is 11.2. The van der Waals surface area contributed by atoms with Crippen LogP contribution in [0.15, 0.2) is 65.7 Å². The number of Topliss-reactive ketones (excluding diaryl/α,β-unsaturated/α-hetero) is 1. The fourth-order valence-electron chi connectivity index (χ4n) is 4.81. The van der Waals surface area contributed by atoms with E-state index >= 15 is 0 Å². The average Bonchev–Trinajstić information content (AvgIpc) is 3.34. The van der Waals surface area contributed by atoms with E-state index in [4.69, 9.17) is 0 Å². The number of rotatable bonds is 6. The number of nitrogens with zero attached hydrogens (tertiary/aromatic N) is 3. The molecule has 6 nitrogen and oxygen atoms in total. The summed E-state index contributed by atoms with van der Waals surface area (Å²) in [5, 5.41) is 11.6. The van der Waals surface area contributed by atoms with Crippen molar-refractivity contribution in [1.82, 2.24) is 14.8 Å². The highest BCUT2D eigenvalue weighted by molar-refractivity contribution is 8.00. The third kappa shape index (κ3) is 4.28. The second-order valence-electron chi connectivity index (χ2n) is 8.69. The molecule has 0 N–H and O–H groups in total. The number of sulfone groups is 1. The summed E-state index contributed by atoms with van der Waals surface area (Å²) < 4.78 is 25.9. The van der Waals surface area contributed by atoms with E-state index in [1.165, 1.54) is 11.8 Å². The number of carbonyl (C=O) groups is 1. The molecule has 4 aromatic rings. The molecule has 1 aliphatic heterocycles. The van der Waals surface area contributed by atoms with Crippen LogP contribution < -0.4 is 0 Å². The third-order valence-electron chi connectivity index (χ3n) is 6.40. The van der Waals surface area contributed by atoms with Crippen molar-refractivity contribution in [2.75, 3.05) is 17.3 Å². The van der Waals surface area contributed by atoms with Crippen molar-refractivity contribution >= 4 is 38.2 Å². The van der Waals surface area contributed by atoms with Gasteiger partial charge in [0.2, 0.25) is 0 Å². The number of ketones is 1. The molecule has 2 aromatic carbocycles. The van der Waals surface area contributed by atoms with Gasteiger partial charge in [0.1, 0.15) is 10.7 Å². The minimum absolute atomic E-state index is 0.00298. The first-order chi connectivity index (χ1) is 16.3. The predicted octanol–water partition coefficient (Wildman–Crippen LogP) is 5.05. The van der Waals surface area contributed by atoms with E-state index in [2.05, 4.69) is 10.2 Å². The Labute approximate surface area is 203 Å². The summed E-state index contributed by atoms with van der Waals surface area (Å²) in [4.78, 5) is 13.2. The molecular weight excluding hydrogens is 466 g/mol. The van der Waals surface area contributed by atoms with Gasteiger partial charge in [-0.25, -0.2) is 8.42 Å². The van der Waals surface area contributed by atoms with E-state index in [0.29, 0.717) is 12.0 Å². The molecule has 0 bridgehead atoms. The Balaban J connectivity index is 1.40. The van der Waals surface area contributed by atoms with E-state index in [1.807, 2.05) is 79.1 Å². The molecule has 0 aliphatic carbocycles. The van der Waals surface area contributed by atoms with Crippen LogP contribution in [0.25, 0.3) is 22.0 Å². The molecule has 0 radical (unpaired) electrons. The minimum Gasteiger partial charge on any atom is -0.344 e. The fraction of sp³-hybridized carbons (Fsp3) is 0.269. The zero-order chi connectivity index (χ0) is 23.9. The molecule has 0 saturated carbocycles. The first-order valence-corrected chi connectivity index (χ1v) is 14.0. The van der Waals surface area contributed by atoms with Crippen LogP contribution in [0.2, 0.25) is 0 Å². The summed E-state index contributed by atoms with van der Waals surface area (Å²) in [6, 6.07) is 19.7. The van der Waals surface area contributed by atoms with Crippen LogP contribution >= 0.6 is 11.8 Å². The normalized spacial score (nSPS) is 17.3. The van der Waals surface area contributed by atoms with Gasteiger partial charge in [0.25, 0.3) is 0 Å². The van der Waals surface area contributed by atoms with Gasteiger partial charge < -0.3 is 4.57 Å². The summed E-state index contributed by atoms with van der Waals surface area (Å²) in [6.07, 6.45) is 0.594. The molecular formula is C26H25N3O3S2. The van der Waals surface area contributed by atoms with Gasteiger partial charge in [0, 0.05) is 39.3 Å². The lowest BCUT2D eigenvalue weighted by Crippen LogP contribution is -2.14. The van der Waals surface area contributed by atoms with Crippen molar-refractivity contribution in [1.29, 1.82) is 0 Å². The number of hydrogen-bond acceptors (Lipinski definition) is 6. The lowest BCUT2D eigenvalue weighted by molar-refractivity contribution is 0.102. The molecule has 1 atom stereocenters. The van der Waals surface area contributed by atoms with Gasteiger partial charge in [0.15, 0.2) is 15.6 Å². The van der Waals surface area contributed by atoms with Crippen molar-refractivity contribution in [2.24, 2.45) is 0 Å². The molecule has 1 fully saturated rings. The average molecular weight is 492 g/mol. The predicted molar refractivity (Wildman–Crippen MR) is 136 cm³/mol. The van der Waals surface area contributed by atoms with Crippen LogP contribution in [-0.4, -0.2) is 46.2 Å². The van der Waals surface area contributed by atoms with Gasteiger partial charge >= 0.3 is 0 Å². The largest absolute Gasteiger partial charge is 0.344 e. The maximum Gasteiger partial charge on any atom is 0.174 e. The summed E-state index contributed by atoms with van der Waals surface area (Å²) in [5.41, 5.74) is 4.22.